The molecule has 9 heteroatoms. The maximum atomic E-state index is 13.2. The van der Waals surface area contributed by atoms with E-state index in [0.29, 0.717) is 39.1 Å². The van der Waals surface area contributed by atoms with E-state index in [1.165, 1.54) is 0 Å². The van der Waals surface area contributed by atoms with E-state index in [1.807, 2.05) is 0 Å². The van der Waals surface area contributed by atoms with Gasteiger partial charge < -0.3 is 10.5 Å². The predicted octanol–water partition coefficient (Wildman–Crippen LogP) is 2.48. The molecule has 1 aliphatic carbocycles. The Morgan fingerprint density at radius 1 is 0.955 bits per heavy atom. The molecule has 1 atom stereocenters. The lowest BCUT2D eigenvalue weighted by molar-refractivity contribution is -0.553. The Morgan fingerprint density at radius 2 is 1.50 bits per heavy atom. The fourth-order valence-electron chi connectivity index (χ4n) is 3.27. The van der Waals surface area contributed by atoms with Crippen LogP contribution in [0.3, 0.4) is 0 Å². The SMILES string of the molecule is NC([C@@H]1CCCCC1=[N+]1CCOCC1)(C(F)(F)F)C(F)(F)F. The van der Waals surface area contributed by atoms with E-state index in [2.05, 4.69) is 0 Å². The summed E-state index contributed by atoms with van der Waals surface area (Å²) in [5, 5.41) is 0. The maximum Gasteiger partial charge on any atom is 0.416 e. The van der Waals surface area contributed by atoms with E-state index in [1.54, 1.807) is 4.58 Å². The third-order valence-corrected chi connectivity index (χ3v) is 4.48. The van der Waals surface area contributed by atoms with Gasteiger partial charge in [-0.15, -0.1) is 0 Å². The number of nitrogens with two attached hydrogens (primary N) is 1. The highest BCUT2D eigenvalue weighted by Crippen LogP contribution is 2.49. The van der Waals surface area contributed by atoms with Gasteiger partial charge in [-0.25, -0.2) is 4.58 Å². The monoisotopic (exact) mass is 333 g/mol. The summed E-state index contributed by atoms with van der Waals surface area (Å²) >= 11 is 0. The van der Waals surface area contributed by atoms with Crippen LogP contribution in [0.25, 0.3) is 0 Å². The van der Waals surface area contributed by atoms with E-state index in [4.69, 9.17) is 10.5 Å². The summed E-state index contributed by atoms with van der Waals surface area (Å²) in [5.41, 5.74) is 0.968. The molecule has 0 unspecified atom stereocenters. The molecule has 2 rings (SSSR count). The Bertz CT molecular complexity index is 421. The number of hydrogen-bond donors (Lipinski definition) is 1. The van der Waals surface area contributed by atoms with E-state index in [0.717, 1.165) is 0 Å². The Kier molecular flexibility index (Phi) is 4.77. The Morgan fingerprint density at radius 3 is 2.00 bits per heavy atom. The number of halogens is 6. The minimum atomic E-state index is -5.55. The van der Waals surface area contributed by atoms with Crippen molar-refractivity contribution < 1.29 is 35.7 Å². The fraction of sp³-hybridized carbons (Fsp3) is 0.923. The van der Waals surface area contributed by atoms with Crippen LogP contribution in [-0.4, -0.2) is 54.5 Å². The molecular formula is C13H19F6N2O+. The summed E-state index contributed by atoms with van der Waals surface area (Å²) in [5.74, 6) is -1.76. The molecule has 0 bridgehead atoms. The molecule has 1 saturated heterocycles. The summed E-state index contributed by atoms with van der Waals surface area (Å²) in [7, 11) is 0. The standard InChI is InChI=1S/C13H19F6N2O/c14-12(15,16)11(20,13(17,18)19)9-3-1-2-4-10(9)21-5-7-22-8-6-21/h9H,1-8,20H2/q+1/t9-/m1/s1. The number of morpholine rings is 1. The molecule has 0 aromatic carbocycles. The van der Waals surface area contributed by atoms with Crippen LogP contribution in [0, 0.1) is 5.92 Å². The lowest BCUT2D eigenvalue weighted by atomic mass is 9.72. The van der Waals surface area contributed by atoms with Crippen LogP contribution in [0.1, 0.15) is 25.7 Å². The van der Waals surface area contributed by atoms with Gasteiger partial charge in [-0.2, -0.15) is 26.3 Å². The van der Waals surface area contributed by atoms with Gasteiger partial charge >= 0.3 is 12.4 Å². The molecule has 1 heterocycles. The average molecular weight is 333 g/mol. The summed E-state index contributed by atoms with van der Waals surface area (Å²) < 4.78 is 86.0. The van der Waals surface area contributed by atoms with Gasteiger partial charge in [-0.3, -0.25) is 0 Å². The number of nitrogens with zero attached hydrogens (tertiary/aromatic N) is 1. The Balaban J connectivity index is 2.48. The first kappa shape index (κ1) is 17.5. The van der Waals surface area contributed by atoms with Crippen molar-refractivity contribution in [1.29, 1.82) is 0 Å². The predicted molar refractivity (Wildman–Crippen MR) is 66.8 cm³/mol. The molecule has 0 spiro atoms. The second-order valence-electron chi connectivity index (χ2n) is 5.75. The molecule has 2 fully saturated rings. The number of ether oxygens (including phenoxy) is 1. The first-order chi connectivity index (χ1) is 10.1. The molecular weight excluding hydrogens is 314 g/mol. The van der Waals surface area contributed by atoms with Gasteiger partial charge in [0.05, 0.1) is 5.92 Å². The molecule has 2 N–H and O–H groups in total. The van der Waals surface area contributed by atoms with Crippen LogP contribution in [-0.2, 0) is 4.74 Å². The minimum Gasteiger partial charge on any atom is -0.368 e. The molecule has 0 radical (unpaired) electrons. The molecule has 1 saturated carbocycles. The normalized spacial score (nSPS) is 25.5. The van der Waals surface area contributed by atoms with Crippen LogP contribution < -0.4 is 5.73 Å². The number of rotatable bonds is 1. The van der Waals surface area contributed by atoms with Crippen molar-refractivity contribution in [2.75, 3.05) is 26.3 Å². The molecule has 2 aliphatic rings. The highest BCUT2D eigenvalue weighted by Gasteiger charge is 2.73. The highest BCUT2D eigenvalue weighted by atomic mass is 19.4. The molecule has 0 aromatic rings. The topological polar surface area (TPSA) is 38.3 Å². The smallest absolute Gasteiger partial charge is 0.368 e. The van der Waals surface area contributed by atoms with Crippen molar-refractivity contribution in [3.05, 3.63) is 0 Å². The third-order valence-electron chi connectivity index (χ3n) is 4.48. The summed E-state index contributed by atoms with van der Waals surface area (Å²) in [6, 6.07) is 0. The van der Waals surface area contributed by atoms with Gasteiger partial charge in [0.1, 0.15) is 13.2 Å². The average Bonchev–Trinajstić information content (AvgIpc) is 2.45. The van der Waals surface area contributed by atoms with Crippen molar-refractivity contribution in [2.24, 2.45) is 11.7 Å². The van der Waals surface area contributed by atoms with Gasteiger partial charge in [0, 0.05) is 6.42 Å². The van der Waals surface area contributed by atoms with E-state index in [-0.39, 0.29) is 18.6 Å². The molecule has 3 nitrogen and oxygen atoms in total. The van der Waals surface area contributed by atoms with Crippen LogP contribution in [0.15, 0.2) is 0 Å². The Labute approximate surface area is 124 Å². The quantitative estimate of drug-likeness (QED) is 0.591. The van der Waals surface area contributed by atoms with E-state index >= 15 is 0 Å². The number of hydrogen-bond acceptors (Lipinski definition) is 2. The summed E-state index contributed by atoms with van der Waals surface area (Å²) in [6.45, 7) is 1.20. The van der Waals surface area contributed by atoms with Crippen molar-refractivity contribution in [3.63, 3.8) is 0 Å². The first-order valence-electron chi connectivity index (χ1n) is 7.20. The zero-order valence-corrected chi connectivity index (χ0v) is 11.9. The number of alkyl halides is 6. The van der Waals surface area contributed by atoms with Gasteiger partial charge in [0.25, 0.3) is 0 Å². The summed E-state index contributed by atoms with van der Waals surface area (Å²) in [4.78, 5) is 0. The van der Waals surface area contributed by atoms with E-state index < -0.39 is 23.8 Å². The van der Waals surface area contributed by atoms with Crippen LogP contribution >= 0.6 is 0 Å². The van der Waals surface area contributed by atoms with Gasteiger partial charge in [-0.1, -0.05) is 6.42 Å². The molecule has 1 aliphatic heterocycles. The van der Waals surface area contributed by atoms with E-state index in [9.17, 15) is 26.3 Å². The second-order valence-corrected chi connectivity index (χ2v) is 5.75. The zero-order valence-electron chi connectivity index (χ0n) is 11.9. The molecule has 128 valence electrons. The maximum absolute atomic E-state index is 13.2. The lowest BCUT2D eigenvalue weighted by Gasteiger charge is -2.41. The van der Waals surface area contributed by atoms with Crippen LogP contribution in [0.5, 0.6) is 0 Å². The van der Waals surface area contributed by atoms with Crippen molar-refractivity contribution in [1.82, 2.24) is 0 Å². The fourth-order valence-corrected chi connectivity index (χ4v) is 3.27. The van der Waals surface area contributed by atoms with Gasteiger partial charge in [-0.05, 0) is 12.8 Å². The lowest BCUT2D eigenvalue weighted by Crippen LogP contribution is -2.70. The molecule has 0 amide bonds. The van der Waals surface area contributed by atoms with Crippen molar-refractivity contribution in [2.45, 2.75) is 43.6 Å². The van der Waals surface area contributed by atoms with Crippen molar-refractivity contribution >= 4 is 5.71 Å². The van der Waals surface area contributed by atoms with Gasteiger partial charge in [0.15, 0.2) is 18.8 Å². The zero-order chi connectivity index (χ0) is 16.6. The Hall–Kier alpha value is -0.830. The highest BCUT2D eigenvalue weighted by molar-refractivity contribution is 5.84. The molecule has 0 aromatic heterocycles. The second kappa shape index (κ2) is 5.99. The van der Waals surface area contributed by atoms with Gasteiger partial charge in [0.2, 0.25) is 5.54 Å². The van der Waals surface area contributed by atoms with Crippen molar-refractivity contribution in [3.8, 4) is 0 Å². The van der Waals surface area contributed by atoms with Crippen LogP contribution in [0.4, 0.5) is 26.3 Å². The van der Waals surface area contributed by atoms with Crippen LogP contribution in [0.2, 0.25) is 0 Å². The molecule has 22 heavy (non-hydrogen) atoms. The first-order valence-corrected chi connectivity index (χ1v) is 7.20. The largest absolute Gasteiger partial charge is 0.416 e. The summed E-state index contributed by atoms with van der Waals surface area (Å²) in [6.07, 6.45) is -10.2. The third kappa shape index (κ3) is 2.97. The minimum absolute atomic E-state index is 0.173.